The van der Waals surface area contributed by atoms with Crippen LogP contribution < -0.4 is 10.6 Å². The van der Waals surface area contributed by atoms with Gasteiger partial charge in [-0.25, -0.2) is 18.4 Å². The van der Waals surface area contributed by atoms with Crippen LogP contribution in [0.5, 0.6) is 0 Å². The highest BCUT2D eigenvalue weighted by Gasteiger charge is 2.24. The zero-order valence-corrected chi connectivity index (χ0v) is 22.7. The molecule has 4 rings (SSSR count). The number of anilines is 2. The summed E-state index contributed by atoms with van der Waals surface area (Å²) in [5, 5.41) is 25.5. The fourth-order valence-corrected chi connectivity index (χ4v) is 4.35. The van der Waals surface area contributed by atoms with E-state index in [0.29, 0.717) is 56.4 Å². The van der Waals surface area contributed by atoms with Crippen LogP contribution in [0.15, 0.2) is 36.7 Å². The molecular formula is C27H28ClF3N8. The third-order valence-corrected chi connectivity index (χ3v) is 6.40. The molecule has 0 saturated carbocycles. The molecular weight excluding hydrogens is 529 g/mol. The second-order valence-electron chi connectivity index (χ2n) is 10.4. The molecule has 0 aliphatic rings. The molecule has 3 heterocycles. The summed E-state index contributed by atoms with van der Waals surface area (Å²) < 4.78 is 41.6. The number of fused-ring (bicyclic) bond motifs is 1. The number of alkyl halides is 2. The van der Waals surface area contributed by atoms with E-state index < -0.39 is 31.4 Å². The maximum absolute atomic E-state index is 13.8. The summed E-state index contributed by atoms with van der Waals surface area (Å²) in [7, 11) is 0. The van der Waals surface area contributed by atoms with Crippen LogP contribution >= 0.6 is 11.6 Å². The van der Waals surface area contributed by atoms with Crippen LogP contribution in [0.3, 0.4) is 0 Å². The van der Waals surface area contributed by atoms with E-state index in [1.54, 1.807) is 25.1 Å². The number of rotatable bonds is 9. The van der Waals surface area contributed by atoms with Gasteiger partial charge < -0.3 is 10.6 Å². The fraction of sp³-hybridized carbons (Fsp3) is 0.370. The van der Waals surface area contributed by atoms with Crippen molar-refractivity contribution in [1.29, 1.82) is 5.26 Å². The van der Waals surface area contributed by atoms with E-state index in [1.807, 2.05) is 0 Å². The first-order valence-corrected chi connectivity index (χ1v) is 12.6. The van der Waals surface area contributed by atoms with Crippen molar-refractivity contribution in [3.63, 3.8) is 0 Å². The van der Waals surface area contributed by atoms with Crippen molar-refractivity contribution in [2.75, 3.05) is 30.5 Å². The molecule has 39 heavy (non-hydrogen) atoms. The molecule has 204 valence electrons. The minimum atomic E-state index is -1.11. The molecule has 0 bridgehead atoms. The Morgan fingerprint density at radius 1 is 1.18 bits per heavy atom. The van der Waals surface area contributed by atoms with Crippen LogP contribution in [-0.4, -0.2) is 44.9 Å². The summed E-state index contributed by atoms with van der Waals surface area (Å²) in [6.45, 7) is 6.55. The molecule has 1 aromatic carbocycles. The number of pyridine rings is 2. The Morgan fingerprint density at radius 3 is 2.56 bits per heavy atom. The lowest BCUT2D eigenvalue weighted by Gasteiger charge is -2.23. The van der Waals surface area contributed by atoms with Crippen molar-refractivity contribution in [1.82, 2.24) is 25.0 Å². The smallest absolute Gasteiger partial charge is 0.213 e. The SMILES string of the molecule is Cc1nc(F)ccc1C(Nc1cc(Cl)c2ncc(C#N)c(NCC(C)(C)C)c2c1)c1cn(C(CF)CF)nn1. The second-order valence-corrected chi connectivity index (χ2v) is 10.8. The molecule has 2 N–H and O–H groups in total. The van der Waals surface area contributed by atoms with Crippen LogP contribution in [0, 0.1) is 29.6 Å². The van der Waals surface area contributed by atoms with Gasteiger partial charge in [-0.15, -0.1) is 5.10 Å². The van der Waals surface area contributed by atoms with Crippen molar-refractivity contribution >= 4 is 33.9 Å². The predicted molar refractivity (Wildman–Crippen MR) is 145 cm³/mol. The Morgan fingerprint density at radius 2 is 1.92 bits per heavy atom. The first-order valence-electron chi connectivity index (χ1n) is 12.2. The lowest BCUT2D eigenvalue weighted by atomic mass is 9.96. The Balaban J connectivity index is 1.83. The first kappa shape index (κ1) is 28.1. The van der Waals surface area contributed by atoms with Crippen LogP contribution in [0.25, 0.3) is 10.9 Å². The zero-order valence-electron chi connectivity index (χ0n) is 21.9. The summed E-state index contributed by atoms with van der Waals surface area (Å²) in [6.07, 6.45) is 2.92. The minimum Gasteiger partial charge on any atom is -0.383 e. The number of benzene rings is 1. The highest BCUT2D eigenvalue weighted by atomic mass is 35.5. The summed E-state index contributed by atoms with van der Waals surface area (Å²) in [4.78, 5) is 8.31. The Kier molecular flexibility index (Phi) is 8.25. The van der Waals surface area contributed by atoms with E-state index in [1.165, 1.54) is 18.5 Å². The molecule has 12 heteroatoms. The molecule has 1 atom stereocenters. The quantitative estimate of drug-likeness (QED) is 0.232. The first-order chi connectivity index (χ1) is 18.5. The second kappa shape index (κ2) is 11.5. The van der Waals surface area contributed by atoms with Gasteiger partial charge in [0.05, 0.1) is 34.0 Å². The summed E-state index contributed by atoms with van der Waals surface area (Å²) in [5.41, 5.74) is 3.25. The van der Waals surface area contributed by atoms with Gasteiger partial charge in [0.15, 0.2) is 0 Å². The third-order valence-electron chi connectivity index (χ3n) is 6.11. The molecule has 0 fully saturated rings. The third kappa shape index (κ3) is 6.23. The van der Waals surface area contributed by atoms with E-state index in [-0.39, 0.29) is 5.41 Å². The predicted octanol–water partition coefficient (Wildman–Crippen LogP) is 6.33. The normalized spacial score (nSPS) is 12.5. The van der Waals surface area contributed by atoms with Crippen LogP contribution in [0.2, 0.25) is 5.02 Å². The fourth-order valence-electron chi connectivity index (χ4n) is 4.08. The van der Waals surface area contributed by atoms with E-state index >= 15 is 0 Å². The number of hydrogen-bond acceptors (Lipinski definition) is 7. The topological polar surface area (TPSA) is 104 Å². The molecule has 0 radical (unpaired) electrons. The molecule has 1 unspecified atom stereocenters. The van der Waals surface area contributed by atoms with Crippen LogP contribution in [0.4, 0.5) is 24.5 Å². The monoisotopic (exact) mass is 556 g/mol. The van der Waals surface area contributed by atoms with Gasteiger partial charge in [0, 0.05) is 35.1 Å². The number of halogens is 4. The molecule has 3 aromatic heterocycles. The van der Waals surface area contributed by atoms with Crippen molar-refractivity contribution in [2.45, 2.75) is 39.8 Å². The van der Waals surface area contributed by atoms with Gasteiger partial charge in [-0.2, -0.15) is 9.65 Å². The van der Waals surface area contributed by atoms with Gasteiger partial charge in [0.1, 0.15) is 31.2 Å². The molecule has 0 spiro atoms. The van der Waals surface area contributed by atoms with Crippen LogP contribution in [0.1, 0.15) is 55.4 Å². The number of aryl methyl sites for hydroxylation is 1. The van der Waals surface area contributed by atoms with Gasteiger partial charge in [0.25, 0.3) is 0 Å². The maximum Gasteiger partial charge on any atom is 0.213 e. The van der Waals surface area contributed by atoms with Gasteiger partial charge >= 0.3 is 0 Å². The highest BCUT2D eigenvalue weighted by Crippen LogP contribution is 2.36. The average Bonchev–Trinajstić information content (AvgIpc) is 3.36. The number of aromatic nitrogens is 5. The maximum atomic E-state index is 13.8. The van der Waals surface area contributed by atoms with Gasteiger partial charge in [-0.3, -0.25) is 4.98 Å². The number of hydrogen-bond donors (Lipinski definition) is 2. The van der Waals surface area contributed by atoms with Gasteiger partial charge in [-0.1, -0.05) is 43.7 Å². The van der Waals surface area contributed by atoms with E-state index in [0.717, 1.165) is 4.68 Å². The summed E-state index contributed by atoms with van der Waals surface area (Å²) in [6, 6.07) is 6.60. The van der Waals surface area contributed by atoms with Crippen molar-refractivity contribution in [3.8, 4) is 6.07 Å². The van der Waals surface area contributed by atoms with Crippen molar-refractivity contribution < 1.29 is 13.2 Å². The Labute approximate surface area is 229 Å². The number of nitrogens with zero attached hydrogens (tertiary/aromatic N) is 6. The highest BCUT2D eigenvalue weighted by molar-refractivity contribution is 6.35. The van der Waals surface area contributed by atoms with E-state index in [2.05, 4.69) is 57.8 Å². The van der Waals surface area contributed by atoms with Crippen LogP contribution in [-0.2, 0) is 0 Å². The Hall–Kier alpha value is -3.91. The summed E-state index contributed by atoms with van der Waals surface area (Å²) >= 11 is 6.64. The van der Waals surface area contributed by atoms with Gasteiger partial charge in [0.2, 0.25) is 5.95 Å². The molecule has 4 aromatic rings. The molecule has 0 aliphatic heterocycles. The zero-order chi connectivity index (χ0) is 28.3. The van der Waals surface area contributed by atoms with E-state index in [9.17, 15) is 18.4 Å². The van der Waals surface area contributed by atoms with Crippen molar-refractivity contribution in [2.24, 2.45) is 5.41 Å². The van der Waals surface area contributed by atoms with E-state index in [4.69, 9.17) is 11.6 Å². The largest absolute Gasteiger partial charge is 0.383 e. The number of nitriles is 1. The number of nitrogens with one attached hydrogen (secondary N) is 2. The standard InChI is InChI=1S/C27H28ClF3N8/c1-15-19(5-6-23(31)35-15)26(22-13-39(38-37-22)18(9-29)10-30)36-17-7-20-24(34-14-27(2,3)4)16(11-32)12-33-25(20)21(28)8-17/h5-8,12-13,18,26,36H,9-10,14H2,1-4H3,(H,33,34). The summed E-state index contributed by atoms with van der Waals surface area (Å²) in [5.74, 6) is -0.646. The molecule has 0 amide bonds. The Bertz CT molecular complexity index is 1520. The van der Waals surface area contributed by atoms with Gasteiger partial charge in [-0.05, 0) is 30.5 Å². The lowest BCUT2D eigenvalue weighted by molar-refractivity contribution is 0.269. The van der Waals surface area contributed by atoms with Crippen molar-refractivity contribution in [3.05, 3.63) is 70.1 Å². The minimum absolute atomic E-state index is 0.0664. The lowest BCUT2D eigenvalue weighted by Crippen LogP contribution is -2.20. The molecule has 0 aliphatic carbocycles. The molecule has 8 nitrogen and oxygen atoms in total. The average molecular weight is 557 g/mol. The molecule has 0 saturated heterocycles.